The van der Waals surface area contributed by atoms with Gasteiger partial charge >= 0.3 is 17.6 Å². The topological polar surface area (TPSA) is 175 Å². The third kappa shape index (κ3) is 8.76. The van der Waals surface area contributed by atoms with Crippen LogP contribution >= 0.6 is 0 Å². The second-order valence-electron chi connectivity index (χ2n) is 10.9. The van der Waals surface area contributed by atoms with Crippen LogP contribution < -0.4 is 26.0 Å². The van der Waals surface area contributed by atoms with Gasteiger partial charge in [0, 0.05) is 11.8 Å². The zero-order valence-corrected chi connectivity index (χ0v) is 26.8. The Bertz CT molecular complexity index is 1770. The highest BCUT2D eigenvalue weighted by Gasteiger charge is 2.39. The largest absolute Gasteiger partial charge is 0.497 e. The molecule has 4 rings (SSSR count). The lowest BCUT2D eigenvalue weighted by molar-refractivity contribution is -0.149. The van der Waals surface area contributed by atoms with Gasteiger partial charge in [0.1, 0.15) is 30.3 Å². The Labute approximate surface area is 276 Å². The number of ether oxygens (including phenoxy) is 4. The molecule has 0 radical (unpaired) electrons. The van der Waals surface area contributed by atoms with Gasteiger partial charge < -0.3 is 29.4 Å². The molecule has 0 spiro atoms. The van der Waals surface area contributed by atoms with Crippen LogP contribution in [-0.2, 0) is 36.0 Å². The third-order valence-electron chi connectivity index (χ3n) is 7.53. The van der Waals surface area contributed by atoms with Crippen LogP contribution in [0.2, 0.25) is 0 Å². The number of aliphatic carboxylic acids is 1. The van der Waals surface area contributed by atoms with Gasteiger partial charge in [-0.3, -0.25) is 28.7 Å². The van der Waals surface area contributed by atoms with E-state index in [2.05, 4.69) is 10.3 Å². The fourth-order valence-electron chi connectivity index (χ4n) is 5.07. The van der Waals surface area contributed by atoms with Crippen molar-refractivity contribution in [2.45, 2.75) is 38.0 Å². The molecule has 0 aliphatic carbocycles. The number of carboxylic acid groups (broad SMARTS) is 1. The molecular weight excluding hydrogens is 622 g/mol. The zero-order valence-electron chi connectivity index (χ0n) is 26.8. The van der Waals surface area contributed by atoms with Crippen LogP contribution in [0, 0.1) is 6.92 Å². The molecule has 0 saturated heterocycles. The average molecular weight is 660 g/mol. The van der Waals surface area contributed by atoms with E-state index in [1.165, 1.54) is 13.1 Å². The highest BCUT2D eigenvalue weighted by molar-refractivity contribution is 5.77. The van der Waals surface area contributed by atoms with E-state index in [9.17, 15) is 24.0 Å². The van der Waals surface area contributed by atoms with Gasteiger partial charge in [0.15, 0.2) is 0 Å². The van der Waals surface area contributed by atoms with Gasteiger partial charge in [-0.25, -0.2) is 4.79 Å². The van der Waals surface area contributed by atoms with Crippen molar-refractivity contribution < 1.29 is 38.4 Å². The standard InChI is InChI=1S/C35H37N3O10/c1-23-19-38(34(44)37-33(23)43)20-30(39)36-27(21-47-32(42)18-17-31(40)41)22-48-35(24-7-5-4-6-8-24,25-9-13-28(45-2)14-10-25)26-11-15-29(46-3)16-12-26/h4-16,19,27H,17-18,20-22H2,1-3H3,(H,36,39)(H,40,41)(H,37,43,44). The molecule has 3 N–H and O–H groups in total. The quantitative estimate of drug-likeness (QED) is 0.120. The molecule has 0 bridgehead atoms. The minimum Gasteiger partial charge on any atom is -0.497 e. The molecule has 1 heterocycles. The van der Waals surface area contributed by atoms with E-state index in [-0.39, 0.29) is 25.2 Å². The zero-order chi connectivity index (χ0) is 34.7. The molecule has 252 valence electrons. The summed E-state index contributed by atoms with van der Waals surface area (Å²) in [4.78, 5) is 62.9. The van der Waals surface area contributed by atoms with Crippen molar-refractivity contribution >= 4 is 17.8 Å². The number of nitrogens with one attached hydrogen (secondary N) is 2. The van der Waals surface area contributed by atoms with Gasteiger partial charge in [-0.15, -0.1) is 0 Å². The highest BCUT2D eigenvalue weighted by atomic mass is 16.5. The number of aromatic amines is 1. The lowest BCUT2D eigenvalue weighted by Gasteiger charge is -2.37. The van der Waals surface area contributed by atoms with E-state index in [4.69, 9.17) is 24.1 Å². The van der Waals surface area contributed by atoms with Crippen molar-refractivity contribution in [3.8, 4) is 11.5 Å². The second kappa shape index (κ2) is 16.2. The second-order valence-corrected chi connectivity index (χ2v) is 10.9. The number of carbonyl (C=O) groups excluding carboxylic acids is 2. The molecule has 48 heavy (non-hydrogen) atoms. The van der Waals surface area contributed by atoms with Crippen LogP contribution in [0.1, 0.15) is 35.1 Å². The van der Waals surface area contributed by atoms with Crippen molar-refractivity contribution in [1.29, 1.82) is 0 Å². The first kappa shape index (κ1) is 35.2. The van der Waals surface area contributed by atoms with Crippen molar-refractivity contribution in [3.05, 3.63) is 128 Å². The van der Waals surface area contributed by atoms with Crippen LogP contribution in [0.5, 0.6) is 11.5 Å². The van der Waals surface area contributed by atoms with Crippen LogP contribution in [0.4, 0.5) is 0 Å². The summed E-state index contributed by atoms with van der Waals surface area (Å²) < 4.78 is 24.0. The fraction of sp³-hybridized carbons (Fsp3) is 0.286. The number of carbonyl (C=O) groups is 3. The third-order valence-corrected chi connectivity index (χ3v) is 7.53. The van der Waals surface area contributed by atoms with Crippen LogP contribution in [0.3, 0.4) is 0 Å². The van der Waals surface area contributed by atoms with Gasteiger partial charge in [-0.2, -0.15) is 0 Å². The molecule has 13 heteroatoms. The number of methoxy groups -OCH3 is 2. The summed E-state index contributed by atoms with van der Waals surface area (Å²) >= 11 is 0. The van der Waals surface area contributed by atoms with E-state index < -0.39 is 53.7 Å². The number of nitrogens with zero attached hydrogens (tertiary/aromatic N) is 1. The summed E-state index contributed by atoms with van der Waals surface area (Å²) in [6.45, 7) is 0.492. The van der Waals surface area contributed by atoms with Crippen molar-refractivity contribution in [1.82, 2.24) is 14.9 Å². The number of hydrogen-bond acceptors (Lipinski definition) is 9. The minimum atomic E-state index is -1.26. The molecule has 3 aromatic carbocycles. The van der Waals surface area contributed by atoms with Gasteiger partial charge in [0.2, 0.25) is 5.91 Å². The average Bonchev–Trinajstić information content (AvgIpc) is 3.09. The molecule has 1 aromatic heterocycles. The maximum absolute atomic E-state index is 13.2. The Hall–Kier alpha value is -5.69. The monoisotopic (exact) mass is 659 g/mol. The number of benzene rings is 3. The van der Waals surface area contributed by atoms with E-state index >= 15 is 0 Å². The summed E-state index contributed by atoms with van der Waals surface area (Å²) in [5.41, 5.74) is -0.165. The summed E-state index contributed by atoms with van der Waals surface area (Å²) in [5.74, 6) is -1.31. The van der Waals surface area contributed by atoms with Crippen LogP contribution in [0.15, 0.2) is 94.6 Å². The SMILES string of the molecule is COc1ccc(C(OCC(COC(=O)CCC(=O)O)NC(=O)Cn2cc(C)c(=O)[nH]c2=O)(c2ccccc2)c2ccc(OC)cc2)cc1. The maximum atomic E-state index is 13.2. The molecule has 4 aromatic rings. The molecule has 0 aliphatic heterocycles. The van der Waals surface area contributed by atoms with E-state index in [0.717, 1.165) is 21.3 Å². The number of H-pyrrole nitrogens is 1. The Balaban J connectivity index is 1.72. The van der Waals surface area contributed by atoms with Crippen molar-refractivity contribution in [3.63, 3.8) is 0 Å². The van der Waals surface area contributed by atoms with E-state index in [1.54, 1.807) is 38.5 Å². The van der Waals surface area contributed by atoms with Gasteiger partial charge in [0.25, 0.3) is 5.56 Å². The lowest BCUT2D eigenvalue weighted by Crippen LogP contribution is -2.47. The Morgan fingerprint density at radius 3 is 1.94 bits per heavy atom. The number of aryl methyl sites for hydroxylation is 1. The maximum Gasteiger partial charge on any atom is 0.328 e. The number of amides is 1. The van der Waals surface area contributed by atoms with E-state index in [1.807, 2.05) is 54.6 Å². The molecule has 0 fully saturated rings. The molecule has 1 unspecified atom stereocenters. The molecular formula is C35H37N3O10. The van der Waals surface area contributed by atoms with Crippen molar-refractivity contribution in [2.75, 3.05) is 27.4 Å². The van der Waals surface area contributed by atoms with Crippen LogP contribution in [0.25, 0.3) is 0 Å². The number of esters is 1. The molecule has 0 saturated carbocycles. The molecule has 0 aliphatic rings. The first-order valence-corrected chi connectivity index (χ1v) is 15.0. The normalized spacial score (nSPS) is 11.7. The Kier molecular flexibility index (Phi) is 11.9. The van der Waals surface area contributed by atoms with Gasteiger partial charge in [0.05, 0.1) is 39.7 Å². The predicted molar refractivity (Wildman–Crippen MR) is 174 cm³/mol. The lowest BCUT2D eigenvalue weighted by atomic mass is 9.80. The summed E-state index contributed by atoms with van der Waals surface area (Å²) in [7, 11) is 3.12. The number of hydrogen-bond donors (Lipinski definition) is 3. The van der Waals surface area contributed by atoms with E-state index in [0.29, 0.717) is 11.5 Å². The Morgan fingerprint density at radius 2 is 1.40 bits per heavy atom. The minimum absolute atomic E-state index is 0.204. The molecule has 13 nitrogen and oxygen atoms in total. The molecule has 1 amide bonds. The molecule has 1 atom stereocenters. The summed E-state index contributed by atoms with van der Waals surface area (Å²) in [5, 5.41) is 11.7. The first-order chi connectivity index (χ1) is 23.0. The predicted octanol–water partition coefficient (Wildman–Crippen LogP) is 2.76. The number of carboxylic acids is 1. The highest BCUT2D eigenvalue weighted by Crippen LogP contribution is 2.41. The fourth-order valence-corrected chi connectivity index (χ4v) is 5.07. The summed E-state index contributed by atoms with van der Waals surface area (Å²) in [6, 6.07) is 23.1. The Morgan fingerprint density at radius 1 is 0.833 bits per heavy atom. The van der Waals surface area contributed by atoms with Crippen molar-refractivity contribution in [2.24, 2.45) is 0 Å². The number of rotatable bonds is 16. The summed E-state index contributed by atoms with van der Waals surface area (Å²) in [6.07, 6.45) is 0.480. The first-order valence-electron chi connectivity index (χ1n) is 15.0. The van der Waals surface area contributed by atoms with Gasteiger partial charge in [-0.1, -0.05) is 54.6 Å². The number of aromatic nitrogens is 2. The smallest absolute Gasteiger partial charge is 0.328 e. The van der Waals surface area contributed by atoms with Crippen LogP contribution in [-0.4, -0.2) is 66.0 Å². The van der Waals surface area contributed by atoms with Gasteiger partial charge in [-0.05, 0) is 47.9 Å².